The first-order chi connectivity index (χ1) is 7.72. The van der Waals surface area contributed by atoms with E-state index >= 15 is 0 Å². The second kappa shape index (κ2) is 3.10. The normalized spacial score (nSPS) is 11.0. The van der Waals surface area contributed by atoms with Gasteiger partial charge in [0, 0.05) is 29.1 Å². The second-order valence-corrected chi connectivity index (χ2v) is 3.57. The molecule has 1 aliphatic heterocycles. The van der Waals surface area contributed by atoms with Gasteiger partial charge in [0.2, 0.25) is 0 Å². The van der Waals surface area contributed by atoms with Crippen molar-refractivity contribution in [1.29, 1.82) is 0 Å². The molecule has 0 amide bonds. The zero-order valence-electron chi connectivity index (χ0n) is 8.23. The fourth-order valence-electron chi connectivity index (χ4n) is 1.65. The summed E-state index contributed by atoms with van der Waals surface area (Å²) in [6.07, 6.45) is 0. The largest absolute Gasteiger partial charge is 0.508 e. The van der Waals surface area contributed by atoms with Crippen molar-refractivity contribution in [3.05, 3.63) is 52.7 Å². The van der Waals surface area contributed by atoms with Gasteiger partial charge in [0.1, 0.15) is 17.1 Å². The topological polar surface area (TPSA) is 50.4 Å². The molecule has 0 fully saturated rings. The van der Waals surface area contributed by atoms with Crippen LogP contribution in [0.15, 0.2) is 45.6 Å². The van der Waals surface area contributed by atoms with Crippen molar-refractivity contribution >= 4 is 11.0 Å². The van der Waals surface area contributed by atoms with Crippen LogP contribution in [0.4, 0.5) is 0 Å². The molecule has 0 aromatic heterocycles. The number of rotatable bonds is 0. The second-order valence-electron chi connectivity index (χ2n) is 3.57. The van der Waals surface area contributed by atoms with Crippen molar-refractivity contribution in [2.45, 2.75) is 0 Å². The maximum Gasteiger partial charge on any atom is 0.182 e. The Balaban J connectivity index is 2.46. The van der Waals surface area contributed by atoms with Crippen molar-refractivity contribution < 1.29 is 9.52 Å². The quantitative estimate of drug-likeness (QED) is 0.581. The SMILES string of the molecule is O=c1ccc2[c]c3ccc(O)cc3oc-2c1. The van der Waals surface area contributed by atoms with Gasteiger partial charge in [-0.1, -0.05) is 0 Å². The molecule has 1 aliphatic carbocycles. The molecule has 1 radical (unpaired) electrons. The molecule has 1 aromatic carbocycles. The minimum atomic E-state index is -0.107. The molecule has 77 valence electrons. The zero-order chi connectivity index (χ0) is 11.1. The highest BCUT2D eigenvalue weighted by molar-refractivity contribution is 5.82. The lowest BCUT2D eigenvalue weighted by Gasteiger charge is -2.05. The van der Waals surface area contributed by atoms with Gasteiger partial charge in [0.15, 0.2) is 5.43 Å². The van der Waals surface area contributed by atoms with E-state index in [-0.39, 0.29) is 11.2 Å². The Labute approximate surface area is 90.9 Å². The monoisotopic (exact) mass is 211 g/mol. The number of hydrogen-bond acceptors (Lipinski definition) is 3. The third-order valence-electron chi connectivity index (χ3n) is 2.41. The molecule has 0 atom stereocenters. The predicted octanol–water partition coefficient (Wildman–Crippen LogP) is 2.40. The number of fused-ring (bicyclic) bond motifs is 2. The van der Waals surface area contributed by atoms with Gasteiger partial charge in [0.25, 0.3) is 0 Å². The Morgan fingerprint density at radius 2 is 2.00 bits per heavy atom. The summed E-state index contributed by atoms with van der Waals surface area (Å²) >= 11 is 0. The van der Waals surface area contributed by atoms with E-state index in [2.05, 4.69) is 6.07 Å². The van der Waals surface area contributed by atoms with Crippen LogP contribution >= 0.6 is 0 Å². The summed E-state index contributed by atoms with van der Waals surface area (Å²) in [7, 11) is 0. The molecule has 0 spiro atoms. The summed E-state index contributed by atoms with van der Waals surface area (Å²) in [6.45, 7) is 0. The Bertz CT molecular complexity index is 697. The van der Waals surface area contributed by atoms with Crippen LogP contribution in [-0.4, -0.2) is 5.11 Å². The average molecular weight is 211 g/mol. The van der Waals surface area contributed by atoms with E-state index in [4.69, 9.17) is 4.42 Å². The van der Waals surface area contributed by atoms with Crippen molar-refractivity contribution in [2.24, 2.45) is 0 Å². The Hall–Kier alpha value is -2.29. The molecule has 3 heteroatoms. The summed E-state index contributed by atoms with van der Waals surface area (Å²) in [6, 6.07) is 12.5. The summed E-state index contributed by atoms with van der Waals surface area (Å²) in [5.74, 6) is 0.605. The maximum absolute atomic E-state index is 11.2. The Morgan fingerprint density at radius 1 is 1.12 bits per heavy atom. The highest BCUT2D eigenvalue weighted by Crippen LogP contribution is 2.28. The van der Waals surface area contributed by atoms with Crippen molar-refractivity contribution in [1.82, 2.24) is 0 Å². The van der Waals surface area contributed by atoms with Gasteiger partial charge < -0.3 is 9.52 Å². The smallest absolute Gasteiger partial charge is 0.182 e. The highest BCUT2D eigenvalue weighted by atomic mass is 16.3. The van der Waals surface area contributed by atoms with E-state index < -0.39 is 0 Å². The Kier molecular flexibility index (Phi) is 1.74. The van der Waals surface area contributed by atoms with Gasteiger partial charge in [-0.3, -0.25) is 4.79 Å². The fraction of sp³-hybridized carbons (Fsp3) is 0. The molecule has 3 rings (SSSR count). The molecule has 3 nitrogen and oxygen atoms in total. The van der Waals surface area contributed by atoms with E-state index in [1.54, 1.807) is 18.2 Å². The lowest BCUT2D eigenvalue weighted by Crippen LogP contribution is -1.97. The highest BCUT2D eigenvalue weighted by Gasteiger charge is 2.07. The molecule has 1 N–H and O–H groups in total. The summed E-state index contributed by atoms with van der Waals surface area (Å²) in [4.78, 5) is 11.2. The minimum absolute atomic E-state index is 0.107. The number of hydrogen-bond donors (Lipinski definition) is 1. The van der Waals surface area contributed by atoms with E-state index in [1.165, 1.54) is 18.2 Å². The van der Waals surface area contributed by atoms with Crippen molar-refractivity contribution in [3.8, 4) is 17.1 Å². The van der Waals surface area contributed by atoms with Gasteiger partial charge in [-0.2, -0.15) is 0 Å². The van der Waals surface area contributed by atoms with Gasteiger partial charge in [-0.15, -0.1) is 0 Å². The van der Waals surface area contributed by atoms with Crippen LogP contribution in [0.2, 0.25) is 0 Å². The minimum Gasteiger partial charge on any atom is -0.508 e. The fourth-order valence-corrected chi connectivity index (χ4v) is 1.65. The van der Waals surface area contributed by atoms with E-state index in [0.29, 0.717) is 11.3 Å². The first-order valence-electron chi connectivity index (χ1n) is 4.81. The van der Waals surface area contributed by atoms with Gasteiger partial charge in [0.05, 0.1) is 0 Å². The van der Waals surface area contributed by atoms with Crippen LogP contribution < -0.4 is 5.43 Å². The van der Waals surface area contributed by atoms with E-state index in [1.807, 2.05) is 0 Å². The molecular formula is C13H7O3. The van der Waals surface area contributed by atoms with Crippen LogP contribution in [0.1, 0.15) is 0 Å². The van der Waals surface area contributed by atoms with Crippen LogP contribution in [0.3, 0.4) is 0 Å². The lowest BCUT2D eigenvalue weighted by molar-refractivity contribution is 0.474. The zero-order valence-corrected chi connectivity index (χ0v) is 8.23. The van der Waals surface area contributed by atoms with Crippen LogP contribution in [0.25, 0.3) is 22.3 Å². The van der Waals surface area contributed by atoms with E-state index in [9.17, 15) is 9.90 Å². The lowest BCUT2D eigenvalue weighted by atomic mass is 10.1. The first-order valence-corrected chi connectivity index (χ1v) is 4.81. The first kappa shape index (κ1) is 8.97. The molecule has 0 saturated heterocycles. The van der Waals surface area contributed by atoms with Crippen molar-refractivity contribution in [3.63, 3.8) is 0 Å². The molecular weight excluding hydrogens is 204 g/mol. The molecule has 0 bridgehead atoms. The van der Waals surface area contributed by atoms with Crippen molar-refractivity contribution in [2.75, 3.05) is 0 Å². The number of benzene rings is 2. The molecule has 2 aliphatic rings. The van der Waals surface area contributed by atoms with Gasteiger partial charge in [-0.05, 0) is 24.3 Å². The standard InChI is InChI=1S/C13H7O3/c14-10-3-1-8-5-9-2-4-11(15)7-13(9)16-12(8)6-10/h1-4,6-7,14H. The third kappa shape index (κ3) is 1.34. The third-order valence-corrected chi connectivity index (χ3v) is 2.41. The Morgan fingerprint density at radius 3 is 2.88 bits per heavy atom. The molecule has 1 heterocycles. The average Bonchev–Trinajstić information content (AvgIpc) is 2.26. The molecule has 16 heavy (non-hydrogen) atoms. The number of phenolic OH excluding ortho intramolecular Hbond substituents is 1. The van der Waals surface area contributed by atoms with Crippen LogP contribution in [-0.2, 0) is 0 Å². The van der Waals surface area contributed by atoms with Crippen LogP contribution in [0.5, 0.6) is 5.75 Å². The maximum atomic E-state index is 11.2. The van der Waals surface area contributed by atoms with Crippen LogP contribution in [0, 0.1) is 6.07 Å². The van der Waals surface area contributed by atoms with E-state index in [0.717, 1.165) is 10.9 Å². The predicted molar refractivity (Wildman–Crippen MR) is 59.6 cm³/mol. The number of phenols is 1. The molecule has 1 aromatic rings. The summed E-state index contributed by atoms with van der Waals surface area (Å²) in [5.41, 5.74) is 1.15. The van der Waals surface area contributed by atoms with Gasteiger partial charge in [-0.25, -0.2) is 0 Å². The summed E-state index contributed by atoms with van der Waals surface area (Å²) in [5, 5.41) is 10.1. The van der Waals surface area contributed by atoms with Gasteiger partial charge >= 0.3 is 0 Å². The number of aromatic hydroxyl groups is 1. The molecule has 0 saturated carbocycles. The summed E-state index contributed by atoms with van der Waals surface area (Å²) < 4.78 is 5.52. The molecule has 0 unspecified atom stereocenters.